The normalized spacial score (nSPS) is 10.6. The summed E-state index contributed by atoms with van der Waals surface area (Å²) in [6.45, 7) is 7.70. The van der Waals surface area contributed by atoms with Gasteiger partial charge in [-0.2, -0.15) is 0 Å². The number of rotatable bonds is 5. The molecule has 0 spiro atoms. The van der Waals surface area contributed by atoms with E-state index < -0.39 is 0 Å². The van der Waals surface area contributed by atoms with Crippen LogP contribution in [-0.2, 0) is 13.1 Å². The van der Waals surface area contributed by atoms with Gasteiger partial charge in [-0.15, -0.1) is 0 Å². The summed E-state index contributed by atoms with van der Waals surface area (Å²) in [4.78, 5) is 11.6. The first-order chi connectivity index (χ1) is 11.6. The molecule has 0 fully saturated rings. The zero-order chi connectivity index (χ0) is 16.9. The maximum absolute atomic E-state index is 4.65. The van der Waals surface area contributed by atoms with Gasteiger partial charge in [-0.3, -0.25) is 9.97 Å². The van der Waals surface area contributed by atoms with E-state index in [0.29, 0.717) is 0 Å². The van der Waals surface area contributed by atoms with Gasteiger partial charge in [-0.1, -0.05) is 29.8 Å². The Hall–Kier alpha value is -2.68. The Morgan fingerprint density at radius 3 is 1.62 bits per heavy atom. The van der Waals surface area contributed by atoms with E-state index in [1.165, 1.54) is 11.3 Å². The molecule has 0 aliphatic carbocycles. The molecule has 0 amide bonds. The minimum absolute atomic E-state index is 0.764. The first-order valence-corrected chi connectivity index (χ1v) is 8.27. The molecule has 0 atom stereocenters. The van der Waals surface area contributed by atoms with Crippen LogP contribution in [0.1, 0.15) is 28.3 Å². The summed E-state index contributed by atoms with van der Waals surface area (Å²) in [5.41, 5.74) is 6.69. The van der Waals surface area contributed by atoms with Crippen LogP contribution in [0.25, 0.3) is 0 Å². The van der Waals surface area contributed by atoms with Crippen molar-refractivity contribution < 1.29 is 0 Å². The van der Waals surface area contributed by atoms with Crippen molar-refractivity contribution in [2.75, 3.05) is 4.90 Å². The predicted octanol–water partition coefficient (Wildman–Crippen LogP) is 4.61. The smallest absolute Gasteiger partial charge is 0.0606 e. The van der Waals surface area contributed by atoms with Crippen molar-refractivity contribution in [1.29, 1.82) is 0 Å². The van der Waals surface area contributed by atoms with Crippen molar-refractivity contribution in [2.45, 2.75) is 33.9 Å². The molecular weight excluding hydrogens is 294 g/mol. The second-order valence-corrected chi connectivity index (χ2v) is 6.23. The van der Waals surface area contributed by atoms with E-state index in [1.54, 1.807) is 0 Å². The van der Waals surface area contributed by atoms with Crippen LogP contribution in [-0.4, -0.2) is 9.97 Å². The topological polar surface area (TPSA) is 29.0 Å². The molecule has 0 bridgehead atoms. The van der Waals surface area contributed by atoms with Gasteiger partial charge >= 0.3 is 0 Å². The predicted molar refractivity (Wildman–Crippen MR) is 99.0 cm³/mol. The lowest BCUT2D eigenvalue weighted by Gasteiger charge is -2.24. The molecule has 0 aliphatic rings. The third kappa shape index (κ3) is 4.19. The molecule has 2 aromatic heterocycles. The van der Waals surface area contributed by atoms with Crippen molar-refractivity contribution in [3.63, 3.8) is 0 Å². The van der Waals surface area contributed by atoms with Crippen LogP contribution < -0.4 is 4.90 Å². The van der Waals surface area contributed by atoms with E-state index in [0.717, 1.165) is 35.9 Å². The fraction of sp³-hybridized carbons (Fsp3) is 0.238. The maximum atomic E-state index is 4.65. The molecule has 3 heteroatoms. The zero-order valence-electron chi connectivity index (χ0n) is 14.5. The first-order valence-electron chi connectivity index (χ1n) is 8.27. The molecule has 3 rings (SSSR count). The highest BCUT2D eigenvalue weighted by atomic mass is 15.1. The molecule has 1 aromatic carbocycles. The highest BCUT2D eigenvalue weighted by Gasteiger charge is 2.10. The molecule has 3 nitrogen and oxygen atoms in total. The molecule has 3 aromatic rings. The van der Waals surface area contributed by atoms with Gasteiger partial charge in [-0.05, 0) is 57.2 Å². The highest BCUT2D eigenvalue weighted by molar-refractivity contribution is 5.48. The number of nitrogens with zero attached hydrogens (tertiary/aromatic N) is 3. The number of hydrogen-bond donors (Lipinski definition) is 0. The second kappa shape index (κ2) is 7.26. The van der Waals surface area contributed by atoms with Crippen LogP contribution in [0.15, 0.2) is 60.7 Å². The van der Waals surface area contributed by atoms with E-state index in [4.69, 9.17) is 0 Å². The summed E-state index contributed by atoms with van der Waals surface area (Å²) in [6, 6.07) is 21.0. The second-order valence-electron chi connectivity index (χ2n) is 6.23. The average molecular weight is 317 g/mol. The fourth-order valence-electron chi connectivity index (χ4n) is 2.76. The molecule has 24 heavy (non-hydrogen) atoms. The Labute approximate surface area is 144 Å². The molecular formula is C21H23N3. The highest BCUT2D eigenvalue weighted by Crippen LogP contribution is 2.20. The first kappa shape index (κ1) is 16.2. The number of hydrogen-bond acceptors (Lipinski definition) is 3. The summed E-state index contributed by atoms with van der Waals surface area (Å²) in [6.07, 6.45) is 0. The fourth-order valence-corrected chi connectivity index (χ4v) is 2.76. The van der Waals surface area contributed by atoms with Gasteiger partial charge in [0.05, 0.1) is 24.5 Å². The van der Waals surface area contributed by atoms with E-state index in [1.807, 2.05) is 26.0 Å². The van der Waals surface area contributed by atoms with Crippen LogP contribution in [0.4, 0.5) is 5.69 Å². The molecule has 0 N–H and O–H groups in total. The van der Waals surface area contributed by atoms with Gasteiger partial charge in [-0.25, -0.2) is 0 Å². The van der Waals surface area contributed by atoms with Gasteiger partial charge < -0.3 is 4.90 Å². The number of anilines is 1. The number of benzene rings is 1. The van der Waals surface area contributed by atoms with Crippen molar-refractivity contribution in [3.8, 4) is 0 Å². The lowest BCUT2D eigenvalue weighted by molar-refractivity contribution is 0.760. The van der Waals surface area contributed by atoms with Gasteiger partial charge in [0.1, 0.15) is 0 Å². The van der Waals surface area contributed by atoms with E-state index in [9.17, 15) is 0 Å². The van der Waals surface area contributed by atoms with Crippen LogP contribution in [0.5, 0.6) is 0 Å². The van der Waals surface area contributed by atoms with E-state index in [-0.39, 0.29) is 0 Å². The monoisotopic (exact) mass is 317 g/mol. The molecule has 0 saturated carbocycles. The standard InChI is InChI=1S/C21H23N3/c1-16-10-12-21(13-11-16)24(14-19-8-4-6-17(2)22-19)15-20-9-5-7-18(3)23-20/h4-13H,14-15H2,1-3H3. The van der Waals surface area contributed by atoms with E-state index in [2.05, 4.69) is 70.3 Å². The van der Waals surface area contributed by atoms with Crippen LogP contribution >= 0.6 is 0 Å². The maximum Gasteiger partial charge on any atom is 0.0606 e. The zero-order valence-corrected chi connectivity index (χ0v) is 14.5. The molecule has 2 heterocycles. The summed E-state index contributed by atoms with van der Waals surface area (Å²) in [5.74, 6) is 0. The van der Waals surface area contributed by atoms with Crippen LogP contribution in [0, 0.1) is 20.8 Å². The summed E-state index contributed by atoms with van der Waals surface area (Å²) in [5, 5.41) is 0. The van der Waals surface area contributed by atoms with E-state index >= 15 is 0 Å². The Morgan fingerprint density at radius 1 is 0.667 bits per heavy atom. The number of pyridine rings is 2. The van der Waals surface area contributed by atoms with Gasteiger partial charge in [0, 0.05) is 17.1 Å². The quantitative estimate of drug-likeness (QED) is 0.688. The number of aryl methyl sites for hydroxylation is 3. The van der Waals surface area contributed by atoms with Crippen molar-refractivity contribution in [3.05, 3.63) is 89.0 Å². The Bertz CT molecular complexity index is 762. The third-order valence-corrected chi connectivity index (χ3v) is 4.00. The molecule has 0 saturated heterocycles. The number of aromatic nitrogens is 2. The van der Waals surface area contributed by atoms with Crippen molar-refractivity contribution >= 4 is 5.69 Å². The molecule has 0 radical (unpaired) electrons. The minimum atomic E-state index is 0.764. The Balaban J connectivity index is 1.89. The SMILES string of the molecule is Cc1ccc(N(Cc2cccc(C)n2)Cc2cccc(C)n2)cc1. The van der Waals surface area contributed by atoms with Crippen LogP contribution in [0.2, 0.25) is 0 Å². The third-order valence-electron chi connectivity index (χ3n) is 4.00. The molecule has 122 valence electrons. The largest absolute Gasteiger partial charge is 0.360 e. The lowest BCUT2D eigenvalue weighted by Crippen LogP contribution is -2.23. The lowest BCUT2D eigenvalue weighted by atomic mass is 10.2. The minimum Gasteiger partial charge on any atom is -0.360 e. The van der Waals surface area contributed by atoms with Crippen molar-refractivity contribution in [2.24, 2.45) is 0 Å². The Morgan fingerprint density at radius 2 is 1.17 bits per heavy atom. The average Bonchev–Trinajstić information content (AvgIpc) is 2.55. The molecule has 0 unspecified atom stereocenters. The Kier molecular flexibility index (Phi) is 4.90. The summed E-state index contributed by atoms with van der Waals surface area (Å²) in [7, 11) is 0. The van der Waals surface area contributed by atoms with Gasteiger partial charge in [0.25, 0.3) is 0 Å². The molecule has 0 aliphatic heterocycles. The summed E-state index contributed by atoms with van der Waals surface area (Å²) < 4.78 is 0. The van der Waals surface area contributed by atoms with Gasteiger partial charge in [0.15, 0.2) is 0 Å². The van der Waals surface area contributed by atoms with Gasteiger partial charge in [0.2, 0.25) is 0 Å². The van der Waals surface area contributed by atoms with Crippen molar-refractivity contribution in [1.82, 2.24) is 9.97 Å². The van der Waals surface area contributed by atoms with Crippen LogP contribution in [0.3, 0.4) is 0 Å². The summed E-state index contributed by atoms with van der Waals surface area (Å²) >= 11 is 0.